The average molecular weight is 274 g/mol. The highest BCUT2D eigenvalue weighted by atomic mass is 32.2. The molecule has 2 heterocycles. The Bertz CT molecular complexity index is 516. The van der Waals surface area contributed by atoms with Gasteiger partial charge in [0.2, 0.25) is 0 Å². The topological polar surface area (TPSA) is 73.0 Å². The lowest BCUT2D eigenvalue weighted by molar-refractivity contribution is 0.410. The van der Waals surface area contributed by atoms with Gasteiger partial charge in [-0.3, -0.25) is 0 Å². The largest absolute Gasteiger partial charge is 0.319 e. The lowest BCUT2D eigenvalue weighted by Gasteiger charge is -2.23. The summed E-state index contributed by atoms with van der Waals surface area (Å²) in [6, 6.07) is 0. The molecule has 0 saturated heterocycles. The summed E-state index contributed by atoms with van der Waals surface area (Å²) in [5.74, 6) is 0.364. The number of thiazole rings is 1. The van der Waals surface area contributed by atoms with Crippen molar-refractivity contribution in [2.24, 2.45) is 5.73 Å². The van der Waals surface area contributed by atoms with Crippen LogP contribution in [-0.4, -0.2) is 19.2 Å². The van der Waals surface area contributed by atoms with E-state index < -0.39 is 15.4 Å². The van der Waals surface area contributed by atoms with Crippen LogP contribution in [0.2, 0.25) is 0 Å². The molecule has 0 atom stereocenters. The summed E-state index contributed by atoms with van der Waals surface area (Å²) in [6.45, 7) is 4.08. The molecule has 17 heavy (non-hydrogen) atoms. The fraction of sp³-hybridized carbons (Fsp3) is 0.727. The quantitative estimate of drug-likeness (QED) is 0.908. The third-order valence-electron chi connectivity index (χ3n) is 3.47. The Balaban J connectivity index is 2.39. The van der Waals surface area contributed by atoms with Gasteiger partial charge in [-0.2, -0.15) is 0 Å². The Morgan fingerprint density at radius 3 is 2.65 bits per heavy atom. The standard InChI is InChI=1S/C11H18N2O2S2/c1-3-11(12,4-2)10-13-8-5-6-17(14,15)7-9(8)16-10/h3-7,12H2,1-2H3. The zero-order chi connectivity index (χ0) is 12.7. The molecule has 0 unspecified atom stereocenters. The normalized spacial score (nSPS) is 19.0. The minimum atomic E-state index is -2.91. The van der Waals surface area contributed by atoms with Crippen LogP contribution >= 0.6 is 11.3 Å². The van der Waals surface area contributed by atoms with Gasteiger partial charge in [0.1, 0.15) is 5.01 Å². The van der Waals surface area contributed by atoms with Gasteiger partial charge in [-0.05, 0) is 12.8 Å². The van der Waals surface area contributed by atoms with E-state index in [9.17, 15) is 8.42 Å². The van der Waals surface area contributed by atoms with Crippen molar-refractivity contribution in [1.29, 1.82) is 0 Å². The van der Waals surface area contributed by atoms with Crippen molar-refractivity contribution >= 4 is 21.2 Å². The van der Waals surface area contributed by atoms with Gasteiger partial charge in [-0.1, -0.05) is 13.8 Å². The summed E-state index contributed by atoms with van der Waals surface area (Å²) < 4.78 is 23.1. The molecule has 0 aromatic carbocycles. The van der Waals surface area contributed by atoms with Crippen LogP contribution in [0.3, 0.4) is 0 Å². The van der Waals surface area contributed by atoms with Gasteiger partial charge in [0, 0.05) is 11.3 Å². The Labute approximate surface area is 106 Å². The monoisotopic (exact) mass is 274 g/mol. The summed E-state index contributed by atoms with van der Waals surface area (Å²) in [6.07, 6.45) is 2.18. The van der Waals surface area contributed by atoms with Crippen LogP contribution < -0.4 is 5.73 Å². The number of hydrogen-bond donors (Lipinski definition) is 1. The molecule has 0 aliphatic carbocycles. The molecule has 1 aromatic rings. The number of rotatable bonds is 3. The number of fused-ring (bicyclic) bond motifs is 1. The third-order valence-corrected chi connectivity index (χ3v) is 6.52. The molecular weight excluding hydrogens is 256 g/mol. The number of hydrogen-bond acceptors (Lipinski definition) is 5. The first kappa shape index (κ1) is 13.0. The first-order chi connectivity index (χ1) is 7.90. The predicted octanol–water partition coefficient (Wildman–Crippen LogP) is 1.59. The molecule has 2 N–H and O–H groups in total. The molecule has 0 fully saturated rings. The van der Waals surface area contributed by atoms with Gasteiger partial charge in [0.05, 0.1) is 22.7 Å². The van der Waals surface area contributed by atoms with Crippen molar-refractivity contribution in [2.75, 3.05) is 5.75 Å². The highest BCUT2D eigenvalue weighted by Gasteiger charge is 2.31. The van der Waals surface area contributed by atoms with Gasteiger partial charge >= 0.3 is 0 Å². The lowest BCUT2D eigenvalue weighted by Crippen LogP contribution is -2.34. The third kappa shape index (κ3) is 2.39. The van der Waals surface area contributed by atoms with E-state index >= 15 is 0 Å². The van der Waals surface area contributed by atoms with Crippen molar-refractivity contribution in [1.82, 2.24) is 4.98 Å². The summed E-state index contributed by atoms with van der Waals surface area (Å²) >= 11 is 1.48. The molecule has 4 nitrogen and oxygen atoms in total. The molecule has 0 amide bonds. The summed E-state index contributed by atoms with van der Waals surface area (Å²) in [5.41, 5.74) is 6.84. The van der Waals surface area contributed by atoms with E-state index in [1.165, 1.54) is 11.3 Å². The highest BCUT2D eigenvalue weighted by Crippen LogP contribution is 2.34. The van der Waals surface area contributed by atoms with Crippen molar-refractivity contribution in [3.05, 3.63) is 15.6 Å². The Morgan fingerprint density at radius 2 is 2.06 bits per heavy atom. The van der Waals surface area contributed by atoms with Crippen LogP contribution in [-0.2, 0) is 27.5 Å². The molecule has 0 spiro atoms. The second-order valence-electron chi connectivity index (χ2n) is 4.59. The second kappa shape index (κ2) is 4.33. The Kier molecular flexibility index (Phi) is 3.31. The average Bonchev–Trinajstić information content (AvgIpc) is 2.69. The molecule has 1 aliphatic heterocycles. The minimum absolute atomic E-state index is 0.142. The van der Waals surface area contributed by atoms with Crippen LogP contribution in [0.5, 0.6) is 0 Å². The molecule has 2 rings (SSSR count). The first-order valence-corrected chi connectivity index (χ1v) is 8.52. The van der Waals surface area contributed by atoms with Gasteiger partial charge in [0.15, 0.2) is 9.84 Å². The summed E-state index contributed by atoms with van der Waals surface area (Å²) in [5, 5.41) is 0.893. The number of nitrogens with zero attached hydrogens (tertiary/aromatic N) is 1. The number of aromatic nitrogens is 1. The Hall–Kier alpha value is -0.460. The maximum Gasteiger partial charge on any atom is 0.155 e. The lowest BCUT2D eigenvalue weighted by atomic mass is 9.95. The smallest absolute Gasteiger partial charge is 0.155 e. The zero-order valence-corrected chi connectivity index (χ0v) is 11.8. The molecule has 0 radical (unpaired) electrons. The predicted molar refractivity (Wildman–Crippen MR) is 69.8 cm³/mol. The highest BCUT2D eigenvalue weighted by molar-refractivity contribution is 7.90. The maximum atomic E-state index is 11.6. The number of aryl methyl sites for hydroxylation is 1. The van der Waals surface area contributed by atoms with Gasteiger partial charge in [0.25, 0.3) is 0 Å². The van der Waals surface area contributed by atoms with Gasteiger partial charge < -0.3 is 5.73 Å². The fourth-order valence-corrected chi connectivity index (χ4v) is 5.12. The van der Waals surface area contributed by atoms with E-state index in [2.05, 4.69) is 4.98 Å². The molecular formula is C11H18N2O2S2. The summed E-state index contributed by atoms with van der Waals surface area (Å²) in [4.78, 5) is 5.45. The van der Waals surface area contributed by atoms with Crippen LogP contribution in [0.4, 0.5) is 0 Å². The van der Waals surface area contributed by atoms with Crippen LogP contribution in [0.25, 0.3) is 0 Å². The zero-order valence-electron chi connectivity index (χ0n) is 10.2. The van der Waals surface area contributed by atoms with E-state index in [-0.39, 0.29) is 11.5 Å². The van der Waals surface area contributed by atoms with Crippen molar-refractivity contribution in [2.45, 2.75) is 44.4 Å². The SMILES string of the molecule is CCC(N)(CC)c1nc2c(s1)CS(=O)(=O)CC2. The molecule has 1 aromatic heterocycles. The van der Waals surface area contributed by atoms with Crippen molar-refractivity contribution in [3.63, 3.8) is 0 Å². The van der Waals surface area contributed by atoms with Crippen molar-refractivity contribution < 1.29 is 8.42 Å². The maximum absolute atomic E-state index is 11.6. The molecule has 1 aliphatic rings. The molecule has 0 saturated carbocycles. The van der Waals surface area contributed by atoms with Crippen molar-refractivity contribution in [3.8, 4) is 0 Å². The molecule has 6 heteroatoms. The van der Waals surface area contributed by atoms with Crippen LogP contribution in [0, 0.1) is 0 Å². The molecule has 96 valence electrons. The van der Waals surface area contributed by atoms with E-state index in [1.54, 1.807) is 0 Å². The van der Waals surface area contributed by atoms with E-state index in [0.717, 1.165) is 28.4 Å². The van der Waals surface area contributed by atoms with Gasteiger partial charge in [-0.25, -0.2) is 13.4 Å². The summed E-state index contributed by atoms with van der Waals surface area (Å²) in [7, 11) is -2.91. The first-order valence-electron chi connectivity index (χ1n) is 5.88. The van der Waals surface area contributed by atoms with Crippen LogP contribution in [0.1, 0.15) is 42.3 Å². The van der Waals surface area contributed by atoms with E-state index in [4.69, 9.17) is 5.73 Å². The van der Waals surface area contributed by atoms with Crippen LogP contribution in [0.15, 0.2) is 0 Å². The minimum Gasteiger partial charge on any atom is -0.319 e. The Morgan fingerprint density at radius 1 is 1.41 bits per heavy atom. The second-order valence-corrected chi connectivity index (χ2v) is 7.86. The number of sulfone groups is 1. The number of nitrogens with two attached hydrogens (primary N) is 1. The fourth-order valence-electron chi connectivity index (χ4n) is 1.98. The molecule has 0 bridgehead atoms. The van der Waals surface area contributed by atoms with E-state index in [0.29, 0.717) is 6.42 Å². The van der Waals surface area contributed by atoms with Gasteiger partial charge in [-0.15, -0.1) is 11.3 Å². The van der Waals surface area contributed by atoms with E-state index in [1.807, 2.05) is 13.8 Å².